The van der Waals surface area contributed by atoms with Gasteiger partial charge in [-0.25, -0.2) is 4.98 Å². The molecule has 0 aliphatic heterocycles. The Labute approximate surface area is 189 Å². The quantitative estimate of drug-likeness (QED) is 0.403. The molecule has 32 heavy (non-hydrogen) atoms. The summed E-state index contributed by atoms with van der Waals surface area (Å²) >= 11 is 0. The van der Waals surface area contributed by atoms with Crippen molar-refractivity contribution >= 4 is 34.5 Å². The lowest BCUT2D eigenvalue weighted by molar-refractivity contribution is 0.0676. The van der Waals surface area contributed by atoms with E-state index in [4.69, 9.17) is 10.1 Å². The van der Waals surface area contributed by atoms with Crippen molar-refractivity contribution in [1.82, 2.24) is 25.5 Å². The van der Waals surface area contributed by atoms with Gasteiger partial charge in [-0.3, -0.25) is 4.98 Å². The number of pyridine rings is 2. The molecule has 3 aromatic rings. The van der Waals surface area contributed by atoms with Crippen molar-refractivity contribution in [2.24, 2.45) is 5.92 Å². The van der Waals surface area contributed by atoms with Gasteiger partial charge in [0, 0.05) is 43.4 Å². The van der Waals surface area contributed by atoms with Gasteiger partial charge in [-0.1, -0.05) is 27.7 Å². The normalized spacial score (nSPS) is 12.9. The number of fused-ring (bicyclic) bond motifs is 1. The molecule has 1 atom stereocenters. The third kappa shape index (κ3) is 5.85. The van der Waals surface area contributed by atoms with E-state index in [0.717, 1.165) is 22.2 Å². The molecule has 8 nitrogen and oxygen atoms in total. The highest BCUT2D eigenvalue weighted by atomic mass is 16.5. The van der Waals surface area contributed by atoms with Gasteiger partial charge < -0.3 is 20.8 Å². The first-order valence-corrected chi connectivity index (χ1v) is 10.7. The second kappa shape index (κ2) is 10.8. The highest BCUT2D eigenvalue weighted by Gasteiger charge is 2.11. The smallest absolute Gasteiger partial charge is 0.154 e. The van der Waals surface area contributed by atoms with Crippen LogP contribution in [-0.2, 0) is 4.74 Å². The molecule has 0 aromatic carbocycles. The van der Waals surface area contributed by atoms with Gasteiger partial charge in [0.05, 0.1) is 23.3 Å². The van der Waals surface area contributed by atoms with Gasteiger partial charge in [0.1, 0.15) is 5.82 Å². The lowest BCUT2D eigenvalue weighted by Crippen LogP contribution is -2.29. The molecule has 0 saturated heterocycles. The van der Waals surface area contributed by atoms with Crippen molar-refractivity contribution in [1.29, 1.82) is 5.41 Å². The van der Waals surface area contributed by atoms with Crippen LogP contribution in [0.3, 0.4) is 0 Å². The lowest BCUT2D eigenvalue weighted by Gasteiger charge is -2.19. The molecule has 3 rings (SSSR count). The maximum Gasteiger partial charge on any atom is 0.154 e. The van der Waals surface area contributed by atoms with Gasteiger partial charge in [0.2, 0.25) is 0 Å². The number of ether oxygens (including phenoxy) is 1. The Morgan fingerprint density at radius 2 is 1.91 bits per heavy atom. The summed E-state index contributed by atoms with van der Waals surface area (Å²) in [6.45, 7) is 9.13. The van der Waals surface area contributed by atoms with Crippen LogP contribution >= 0.6 is 0 Å². The number of nitrogens with one attached hydrogen (secondary N) is 3. The molecular weight excluding hydrogens is 402 g/mol. The van der Waals surface area contributed by atoms with Crippen molar-refractivity contribution in [3.63, 3.8) is 0 Å². The van der Waals surface area contributed by atoms with Gasteiger partial charge in [0.25, 0.3) is 0 Å². The van der Waals surface area contributed by atoms with E-state index in [-0.39, 0.29) is 6.10 Å². The molecule has 1 unspecified atom stereocenters. The molecule has 0 spiro atoms. The van der Waals surface area contributed by atoms with E-state index in [1.54, 1.807) is 19.5 Å². The third-order valence-electron chi connectivity index (χ3n) is 5.25. The fraction of sp³-hybridized carbons (Fsp3) is 0.375. The molecule has 8 heteroatoms. The zero-order valence-corrected chi connectivity index (χ0v) is 19.3. The van der Waals surface area contributed by atoms with E-state index in [0.29, 0.717) is 35.6 Å². The van der Waals surface area contributed by atoms with E-state index < -0.39 is 0 Å². The van der Waals surface area contributed by atoms with Crippen LogP contribution in [0.2, 0.25) is 0 Å². The molecule has 0 aliphatic rings. The predicted molar refractivity (Wildman–Crippen MR) is 129 cm³/mol. The second-order valence-electron chi connectivity index (χ2n) is 8.28. The topological polar surface area (TPSA) is 109 Å². The Balaban J connectivity index is 1.81. The van der Waals surface area contributed by atoms with Crippen molar-refractivity contribution in [2.75, 3.05) is 19.0 Å². The maximum absolute atomic E-state index is 7.83. The molecule has 0 fully saturated rings. The van der Waals surface area contributed by atoms with E-state index in [1.807, 2.05) is 30.5 Å². The molecule has 168 valence electrons. The first-order valence-electron chi connectivity index (χ1n) is 10.7. The molecule has 0 amide bonds. The average molecular weight is 434 g/mol. The average Bonchev–Trinajstić information content (AvgIpc) is 2.78. The fourth-order valence-electron chi connectivity index (χ4n) is 3.21. The van der Waals surface area contributed by atoms with Crippen molar-refractivity contribution in [2.45, 2.75) is 39.7 Å². The van der Waals surface area contributed by atoms with Crippen molar-refractivity contribution < 1.29 is 4.74 Å². The summed E-state index contributed by atoms with van der Waals surface area (Å²) in [7, 11) is 1.71. The summed E-state index contributed by atoms with van der Waals surface area (Å²) in [6, 6.07) is 7.68. The monoisotopic (exact) mass is 433 g/mol. The zero-order valence-electron chi connectivity index (χ0n) is 19.3. The Morgan fingerprint density at radius 3 is 2.59 bits per heavy atom. The minimum Gasteiger partial charge on any atom is -0.388 e. The Kier molecular flexibility index (Phi) is 7.83. The highest BCUT2D eigenvalue weighted by molar-refractivity contribution is 6.08. The van der Waals surface area contributed by atoms with Gasteiger partial charge in [0.15, 0.2) is 5.82 Å². The zero-order chi connectivity index (χ0) is 23.1. The maximum atomic E-state index is 7.83. The molecule has 3 heterocycles. The van der Waals surface area contributed by atoms with E-state index in [1.165, 1.54) is 6.21 Å². The minimum atomic E-state index is 0.0977. The summed E-state index contributed by atoms with van der Waals surface area (Å²) in [4.78, 5) is 9.19. The Morgan fingerprint density at radius 1 is 1.09 bits per heavy atom. The number of allylic oxidation sites excluding steroid dienone is 1. The number of hydrogen-bond acceptors (Lipinski definition) is 8. The minimum absolute atomic E-state index is 0.0977. The van der Waals surface area contributed by atoms with Gasteiger partial charge in [-0.05, 0) is 41.7 Å². The fourth-order valence-corrected chi connectivity index (χ4v) is 3.21. The van der Waals surface area contributed by atoms with Gasteiger partial charge in [-0.2, -0.15) is 5.10 Å². The Hall–Kier alpha value is -3.39. The molecule has 3 N–H and O–H groups in total. The summed E-state index contributed by atoms with van der Waals surface area (Å²) < 4.78 is 5.49. The molecule has 3 aromatic heterocycles. The largest absolute Gasteiger partial charge is 0.388 e. The Bertz CT molecular complexity index is 1090. The second-order valence-corrected chi connectivity index (χ2v) is 8.28. The number of rotatable bonds is 10. The van der Waals surface area contributed by atoms with Crippen LogP contribution in [0, 0.1) is 11.3 Å². The van der Waals surface area contributed by atoms with Crippen LogP contribution in [0.5, 0.6) is 0 Å². The predicted octanol–water partition coefficient (Wildman–Crippen LogP) is 4.54. The van der Waals surface area contributed by atoms with Crippen molar-refractivity contribution in [3.05, 3.63) is 54.0 Å². The molecule has 0 saturated carbocycles. The third-order valence-corrected chi connectivity index (χ3v) is 5.25. The van der Waals surface area contributed by atoms with Gasteiger partial charge >= 0.3 is 0 Å². The summed E-state index contributed by atoms with van der Waals surface area (Å²) in [5.41, 5.74) is 4.13. The molecule has 0 radical (unpaired) electrons. The number of methoxy groups -OCH3 is 1. The molecular formula is C24H31N7O. The number of anilines is 2. The molecule has 0 bridgehead atoms. The number of hydrogen-bond donors (Lipinski definition) is 3. The first-order chi connectivity index (χ1) is 15.4. The highest BCUT2D eigenvalue weighted by Crippen LogP contribution is 2.21. The van der Waals surface area contributed by atoms with Crippen LogP contribution in [0.4, 0.5) is 11.6 Å². The van der Waals surface area contributed by atoms with Crippen LogP contribution in [0.25, 0.3) is 16.6 Å². The van der Waals surface area contributed by atoms with Crippen molar-refractivity contribution in [3.8, 4) is 0 Å². The van der Waals surface area contributed by atoms with E-state index >= 15 is 0 Å². The standard InChI is InChI=1S/C24H31N7O/c1-15(2)17-9-24(31-28-13-17)30-23-7-6-20-21(29-23)8-18(12-27-20)19(10-25)11-26-14-22(32-5)16(3)4/h6-13,15-16,22,25-26H,14H2,1-5H3,(H,29,30,31)/b19-11+,25-10?. The summed E-state index contributed by atoms with van der Waals surface area (Å²) in [6.07, 6.45) is 6.75. The summed E-state index contributed by atoms with van der Waals surface area (Å²) in [5.74, 6) is 2.06. The first kappa shape index (κ1) is 23.3. The van der Waals surface area contributed by atoms with Crippen LogP contribution in [0.1, 0.15) is 44.7 Å². The SMILES string of the molecule is COC(CN/C=C(\C=N)c1cnc2ccc(Nc3cc(C(C)C)cnn3)nc2c1)C(C)C. The number of aromatic nitrogens is 4. The van der Waals surface area contributed by atoms with Gasteiger partial charge in [-0.15, -0.1) is 5.10 Å². The van der Waals surface area contributed by atoms with E-state index in [9.17, 15) is 0 Å². The summed E-state index contributed by atoms with van der Waals surface area (Å²) in [5, 5.41) is 22.5. The van der Waals surface area contributed by atoms with Crippen LogP contribution in [-0.4, -0.2) is 46.1 Å². The van der Waals surface area contributed by atoms with Crippen LogP contribution in [0.15, 0.2) is 42.9 Å². The van der Waals surface area contributed by atoms with Crippen LogP contribution < -0.4 is 10.6 Å². The van der Waals surface area contributed by atoms with E-state index in [2.05, 4.69) is 58.5 Å². The number of nitrogens with zero attached hydrogens (tertiary/aromatic N) is 4. The lowest BCUT2D eigenvalue weighted by atomic mass is 10.1. The molecule has 0 aliphatic carbocycles.